The van der Waals surface area contributed by atoms with Crippen molar-refractivity contribution in [3.8, 4) is 0 Å². The van der Waals surface area contributed by atoms with Crippen LogP contribution in [0.2, 0.25) is 0 Å². The third-order valence-corrected chi connectivity index (χ3v) is 2.79. The Balaban J connectivity index is 2.81. The summed E-state index contributed by atoms with van der Waals surface area (Å²) in [5.74, 6) is 0. The van der Waals surface area contributed by atoms with E-state index in [9.17, 15) is 10.1 Å². The number of ether oxygens (including phenoxy) is 2. The number of methoxy groups -OCH3 is 1. The number of nitro groups is 1. The van der Waals surface area contributed by atoms with Crippen molar-refractivity contribution in [1.82, 2.24) is 0 Å². The molecule has 0 aliphatic carbocycles. The summed E-state index contributed by atoms with van der Waals surface area (Å²) in [4.78, 5) is 10.4. The van der Waals surface area contributed by atoms with E-state index in [0.717, 1.165) is 24.2 Å². The molecule has 1 N–H and O–H groups in total. The zero-order valence-electron chi connectivity index (χ0n) is 12.2. The molecule has 6 heteroatoms. The normalized spacial score (nSPS) is 12.2. The van der Waals surface area contributed by atoms with Crippen molar-refractivity contribution in [2.45, 2.75) is 33.0 Å². The van der Waals surface area contributed by atoms with E-state index in [0.29, 0.717) is 13.2 Å². The second-order valence-corrected chi connectivity index (χ2v) is 4.60. The van der Waals surface area contributed by atoms with E-state index in [-0.39, 0.29) is 11.8 Å². The average Bonchev–Trinajstić information content (AvgIpc) is 2.43. The van der Waals surface area contributed by atoms with Gasteiger partial charge in [0.15, 0.2) is 0 Å². The number of hydrogen-bond donors (Lipinski definition) is 1. The Labute approximate surface area is 119 Å². The molecule has 1 unspecified atom stereocenters. The molecule has 0 fully saturated rings. The van der Waals surface area contributed by atoms with Gasteiger partial charge in [0.1, 0.15) is 0 Å². The fourth-order valence-electron chi connectivity index (χ4n) is 1.76. The highest BCUT2D eigenvalue weighted by molar-refractivity contribution is 5.55. The number of anilines is 1. The highest BCUT2D eigenvalue weighted by Gasteiger charge is 2.12. The van der Waals surface area contributed by atoms with Gasteiger partial charge in [-0.2, -0.15) is 0 Å². The predicted molar refractivity (Wildman–Crippen MR) is 78.0 cm³/mol. The van der Waals surface area contributed by atoms with E-state index >= 15 is 0 Å². The predicted octanol–water partition coefficient (Wildman–Crippen LogP) is 2.97. The lowest BCUT2D eigenvalue weighted by molar-refractivity contribution is -0.384. The number of hydrogen-bond acceptors (Lipinski definition) is 5. The molecule has 0 aliphatic rings. The van der Waals surface area contributed by atoms with Gasteiger partial charge in [-0.1, -0.05) is 6.92 Å². The molecule has 0 aromatic heterocycles. The lowest BCUT2D eigenvalue weighted by atomic mass is 10.1. The summed E-state index contributed by atoms with van der Waals surface area (Å²) in [5, 5.41) is 14.1. The minimum absolute atomic E-state index is 0.0571. The van der Waals surface area contributed by atoms with Crippen LogP contribution in [0, 0.1) is 10.1 Å². The fraction of sp³-hybridized carbons (Fsp3) is 0.571. The van der Waals surface area contributed by atoms with Crippen molar-refractivity contribution >= 4 is 11.4 Å². The van der Waals surface area contributed by atoms with Gasteiger partial charge in [0.2, 0.25) is 0 Å². The van der Waals surface area contributed by atoms with Gasteiger partial charge in [-0.05, 0) is 19.4 Å². The molecule has 1 aromatic rings. The molecular weight excluding hydrogens is 260 g/mol. The van der Waals surface area contributed by atoms with Crippen LogP contribution in [0.1, 0.15) is 25.8 Å². The van der Waals surface area contributed by atoms with Crippen LogP contribution in [0.25, 0.3) is 0 Å². The zero-order valence-corrected chi connectivity index (χ0v) is 12.2. The highest BCUT2D eigenvalue weighted by atomic mass is 16.6. The van der Waals surface area contributed by atoms with Crippen LogP contribution < -0.4 is 5.32 Å². The molecule has 0 bridgehead atoms. The lowest BCUT2D eigenvalue weighted by Crippen LogP contribution is -2.15. The molecule has 0 radical (unpaired) electrons. The number of nitro benzene ring substituents is 1. The van der Waals surface area contributed by atoms with Crippen LogP contribution in [-0.2, 0) is 16.1 Å². The van der Waals surface area contributed by atoms with Gasteiger partial charge < -0.3 is 14.8 Å². The van der Waals surface area contributed by atoms with Gasteiger partial charge in [-0.15, -0.1) is 0 Å². The number of non-ortho nitro benzene ring substituents is 1. The molecule has 20 heavy (non-hydrogen) atoms. The lowest BCUT2D eigenvalue weighted by Gasteiger charge is -2.15. The summed E-state index contributed by atoms with van der Waals surface area (Å²) in [6, 6.07) is 4.78. The largest absolute Gasteiger partial charge is 0.385 e. The van der Waals surface area contributed by atoms with Crippen LogP contribution in [0.4, 0.5) is 11.4 Å². The van der Waals surface area contributed by atoms with Gasteiger partial charge in [-0.3, -0.25) is 10.1 Å². The minimum Gasteiger partial charge on any atom is -0.385 e. The van der Waals surface area contributed by atoms with Gasteiger partial charge in [0.05, 0.1) is 24.2 Å². The maximum absolute atomic E-state index is 10.8. The Morgan fingerprint density at radius 1 is 1.45 bits per heavy atom. The minimum atomic E-state index is -0.397. The molecule has 6 nitrogen and oxygen atoms in total. The van der Waals surface area contributed by atoms with Crippen molar-refractivity contribution in [2.75, 3.05) is 25.6 Å². The monoisotopic (exact) mass is 282 g/mol. The third kappa shape index (κ3) is 5.14. The summed E-state index contributed by atoms with van der Waals surface area (Å²) < 4.78 is 10.6. The number of nitrogens with zero attached hydrogens (tertiary/aromatic N) is 1. The standard InChI is InChI=1S/C14H22N2O4/c1-4-7-15-14-6-5-13(16(17)18)8-12(14)10-20-11(2)9-19-3/h5-6,8,11,15H,4,7,9-10H2,1-3H3. The van der Waals surface area contributed by atoms with E-state index in [1.807, 2.05) is 6.92 Å². The van der Waals surface area contributed by atoms with E-state index < -0.39 is 4.92 Å². The van der Waals surface area contributed by atoms with Crippen LogP contribution in [0.5, 0.6) is 0 Å². The Morgan fingerprint density at radius 3 is 2.80 bits per heavy atom. The first-order valence-electron chi connectivity index (χ1n) is 6.70. The average molecular weight is 282 g/mol. The van der Waals surface area contributed by atoms with Crippen LogP contribution in [0.3, 0.4) is 0 Å². The van der Waals surface area contributed by atoms with Crippen LogP contribution in [0.15, 0.2) is 18.2 Å². The van der Waals surface area contributed by atoms with E-state index in [4.69, 9.17) is 9.47 Å². The first-order chi connectivity index (χ1) is 9.58. The smallest absolute Gasteiger partial charge is 0.269 e. The van der Waals surface area contributed by atoms with Gasteiger partial charge in [0.25, 0.3) is 5.69 Å². The van der Waals surface area contributed by atoms with Crippen molar-refractivity contribution in [1.29, 1.82) is 0 Å². The quantitative estimate of drug-likeness (QED) is 0.557. The van der Waals surface area contributed by atoms with Crippen molar-refractivity contribution in [3.05, 3.63) is 33.9 Å². The molecule has 0 spiro atoms. The number of nitrogens with one attached hydrogen (secondary N) is 1. The Bertz CT molecular complexity index is 437. The van der Waals surface area contributed by atoms with Gasteiger partial charge >= 0.3 is 0 Å². The van der Waals surface area contributed by atoms with Crippen LogP contribution in [-0.4, -0.2) is 31.3 Å². The molecule has 1 aromatic carbocycles. The molecule has 1 rings (SSSR count). The summed E-state index contributed by atoms with van der Waals surface area (Å²) in [5.41, 5.74) is 1.74. The SMILES string of the molecule is CCCNc1ccc([N+](=O)[O-])cc1COC(C)COC. The topological polar surface area (TPSA) is 73.6 Å². The first-order valence-corrected chi connectivity index (χ1v) is 6.70. The van der Waals surface area contributed by atoms with Gasteiger partial charge in [0, 0.05) is 37.0 Å². The maximum atomic E-state index is 10.8. The summed E-state index contributed by atoms with van der Waals surface area (Å²) >= 11 is 0. The van der Waals surface area contributed by atoms with E-state index in [1.54, 1.807) is 19.2 Å². The Hall–Kier alpha value is -1.66. The Kier molecular flexibility index (Phi) is 6.97. The molecule has 0 saturated carbocycles. The highest BCUT2D eigenvalue weighted by Crippen LogP contribution is 2.23. The van der Waals surface area contributed by atoms with Gasteiger partial charge in [-0.25, -0.2) is 0 Å². The molecule has 0 saturated heterocycles. The number of benzene rings is 1. The third-order valence-electron chi connectivity index (χ3n) is 2.79. The van der Waals surface area contributed by atoms with Crippen molar-refractivity contribution in [2.24, 2.45) is 0 Å². The maximum Gasteiger partial charge on any atom is 0.269 e. The zero-order chi connectivity index (χ0) is 15.0. The Morgan fingerprint density at radius 2 is 2.20 bits per heavy atom. The van der Waals surface area contributed by atoms with E-state index in [2.05, 4.69) is 12.2 Å². The molecule has 0 heterocycles. The molecule has 1 atom stereocenters. The second-order valence-electron chi connectivity index (χ2n) is 4.60. The van der Waals surface area contributed by atoms with Crippen molar-refractivity contribution in [3.63, 3.8) is 0 Å². The molecule has 112 valence electrons. The van der Waals surface area contributed by atoms with Crippen molar-refractivity contribution < 1.29 is 14.4 Å². The van der Waals surface area contributed by atoms with E-state index in [1.165, 1.54) is 6.07 Å². The summed E-state index contributed by atoms with van der Waals surface area (Å²) in [6.45, 7) is 5.60. The number of rotatable bonds is 9. The molecule has 0 amide bonds. The first kappa shape index (κ1) is 16.4. The summed E-state index contributed by atoms with van der Waals surface area (Å²) in [6.07, 6.45) is 0.926. The second kappa shape index (κ2) is 8.50. The fourth-order valence-corrected chi connectivity index (χ4v) is 1.76. The molecule has 0 aliphatic heterocycles. The summed E-state index contributed by atoms with van der Waals surface area (Å²) in [7, 11) is 1.61. The van der Waals surface area contributed by atoms with Crippen LogP contribution >= 0.6 is 0 Å². The molecular formula is C14H22N2O4.